The van der Waals surface area contributed by atoms with Crippen LogP contribution in [0.25, 0.3) is 10.4 Å². The first-order valence-corrected chi connectivity index (χ1v) is 16.3. The second kappa shape index (κ2) is 16.2. The van der Waals surface area contributed by atoms with Gasteiger partial charge in [-0.2, -0.15) is 5.09 Å². The third-order valence-corrected chi connectivity index (χ3v) is 8.41. The zero-order chi connectivity index (χ0) is 34.9. The number of amides is 1. The van der Waals surface area contributed by atoms with Crippen LogP contribution < -0.4 is 14.9 Å². The molecule has 16 nitrogen and oxygen atoms in total. The number of esters is 2. The fourth-order valence-electron chi connectivity index (χ4n) is 4.60. The smallest absolute Gasteiger partial charge is 0.459 e. The summed E-state index contributed by atoms with van der Waals surface area (Å²) >= 11 is 0. The summed E-state index contributed by atoms with van der Waals surface area (Å²) in [6.07, 6.45) is -4.19. The first kappa shape index (κ1) is 37.5. The molecule has 2 heterocycles. The maximum Gasteiger partial charge on any atom is 0.459 e. The van der Waals surface area contributed by atoms with Crippen LogP contribution in [0.15, 0.2) is 54.1 Å². The fraction of sp³-hybridized carbons (Fsp3) is 0.552. The molecule has 18 heteroatoms. The average molecular weight is 683 g/mol. The largest absolute Gasteiger partial charge is 0.463 e. The number of carbonyl (C=O) groups excluding carboxylic acids is 3. The van der Waals surface area contributed by atoms with E-state index < -0.39 is 75.0 Å². The van der Waals surface area contributed by atoms with E-state index in [1.165, 1.54) is 19.2 Å². The van der Waals surface area contributed by atoms with Crippen LogP contribution in [-0.4, -0.2) is 83.4 Å². The molecule has 0 bridgehead atoms. The van der Waals surface area contributed by atoms with Crippen LogP contribution >= 0.6 is 7.75 Å². The van der Waals surface area contributed by atoms with Gasteiger partial charge in [-0.3, -0.25) is 18.9 Å². The van der Waals surface area contributed by atoms with Gasteiger partial charge in [0, 0.05) is 23.6 Å². The van der Waals surface area contributed by atoms with Crippen molar-refractivity contribution in [1.29, 1.82) is 0 Å². The molecule has 1 aromatic rings. The number of hydrogen-bond donors (Lipinski definition) is 3. The van der Waals surface area contributed by atoms with Crippen molar-refractivity contribution in [3.05, 3.63) is 64.9 Å². The van der Waals surface area contributed by atoms with Gasteiger partial charge >= 0.3 is 19.7 Å². The van der Waals surface area contributed by atoms with Gasteiger partial charge in [0.25, 0.3) is 5.91 Å². The Hall–Kier alpha value is -3.98. The number of ether oxygens (including phenoxy) is 3. The lowest BCUT2D eigenvalue weighted by molar-refractivity contribution is -0.149. The van der Waals surface area contributed by atoms with Crippen molar-refractivity contribution < 1.29 is 51.7 Å². The summed E-state index contributed by atoms with van der Waals surface area (Å²) in [5.41, 5.74) is 7.36. The van der Waals surface area contributed by atoms with Crippen molar-refractivity contribution in [2.45, 2.75) is 89.8 Å². The molecule has 47 heavy (non-hydrogen) atoms. The highest BCUT2D eigenvalue weighted by Gasteiger charge is 2.58. The fourth-order valence-corrected chi connectivity index (χ4v) is 6.18. The lowest BCUT2D eigenvalue weighted by Gasteiger charge is -2.34. The number of para-hydroxylation sites is 1. The normalized spacial score (nSPS) is 24.4. The summed E-state index contributed by atoms with van der Waals surface area (Å²) in [5, 5.41) is 19.4. The van der Waals surface area contributed by atoms with Crippen molar-refractivity contribution in [2.24, 2.45) is 5.11 Å². The van der Waals surface area contributed by atoms with Crippen molar-refractivity contribution >= 4 is 25.6 Å². The number of aryl methyl sites for hydroxylation is 1. The summed E-state index contributed by atoms with van der Waals surface area (Å²) in [6.45, 7) is 10.1. The summed E-state index contributed by atoms with van der Waals surface area (Å²) in [5.74, 6) is -1.81. The average Bonchev–Trinajstić information content (AvgIpc) is 3.23. The first-order valence-electron chi connectivity index (χ1n) is 14.8. The van der Waals surface area contributed by atoms with E-state index >= 15 is 4.39 Å². The molecule has 258 valence electrons. The first-order chi connectivity index (χ1) is 22.1. The molecule has 0 aliphatic carbocycles. The summed E-state index contributed by atoms with van der Waals surface area (Å²) < 4.78 is 57.9. The highest BCUT2D eigenvalue weighted by molar-refractivity contribution is 7.52. The van der Waals surface area contributed by atoms with Gasteiger partial charge in [0.2, 0.25) is 0 Å². The predicted octanol–water partition coefficient (Wildman–Crippen LogP) is 3.53. The van der Waals surface area contributed by atoms with Gasteiger partial charge in [-0.05, 0) is 58.2 Å². The Balaban J connectivity index is 1.94. The minimum Gasteiger partial charge on any atom is -0.463 e. The van der Waals surface area contributed by atoms with E-state index in [-0.39, 0.29) is 30.5 Å². The summed E-state index contributed by atoms with van der Waals surface area (Å²) in [7, 11) is -4.65. The predicted molar refractivity (Wildman–Crippen MR) is 165 cm³/mol. The Morgan fingerprint density at radius 2 is 1.94 bits per heavy atom. The molecule has 2 aliphatic rings. The number of aliphatic hydroxyl groups is 1. The van der Waals surface area contributed by atoms with Crippen molar-refractivity contribution in [2.75, 3.05) is 13.2 Å². The number of halogens is 1. The summed E-state index contributed by atoms with van der Waals surface area (Å²) in [4.78, 5) is 40.3. The van der Waals surface area contributed by atoms with Gasteiger partial charge in [0.15, 0.2) is 12.4 Å². The lowest BCUT2D eigenvalue weighted by Crippen LogP contribution is -2.49. The SMILES string of the molecule is C=C1NC(=O)C=CN1[C@@H]1O[C@](CN=[N+]=[N-])(COP(=O)(NC(C)C(=O)OC(C)C)Oc2ccccc2CCC(=O)OC(C)C)[C@@H](O)[C@H]1F. The number of hydrogen-bond acceptors (Lipinski definition) is 12. The van der Waals surface area contributed by atoms with Crippen molar-refractivity contribution in [1.82, 2.24) is 15.3 Å². The van der Waals surface area contributed by atoms with E-state index in [1.54, 1.807) is 45.9 Å². The summed E-state index contributed by atoms with van der Waals surface area (Å²) in [6, 6.07) is 5.08. The number of benzene rings is 1. The number of rotatable bonds is 16. The zero-order valence-corrected chi connectivity index (χ0v) is 27.6. The van der Waals surface area contributed by atoms with Crippen molar-refractivity contribution in [3.8, 4) is 5.75 Å². The Morgan fingerprint density at radius 1 is 1.26 bits per heavy atom. The quantitative estimate of drug-likeness (QED) is 0.0752. The topological polar surface area (TPSA) is 211 Å². The Bertz CT molecular complexity index is 1450. The Labute approximate surface area is 271 Å². The zero-order valence-electron chi connectivity index (χ0n) is 26.7. The van der Waals surface area contributed by atoms with Crippen LogP contribution in [0.3, 0.4) is 0 Å². The van der Waals surface area contributed by atoms with Gasteiger partial charge in [-0.1, -0.05) is 29.9 Å². The van der Waals surface area contributed by atoms with Gasteiger partial charge in [-0.15, -0.1) is 0 Å². The van der Waals surface area contributed by atoms with E-state index in [0.29, 0.717) is 5.56 Å². The number of azide groups is 1. The molecule has 1 saturated heterocycles. The molecule has 6 atom stereocenters. The molecular formula is C29H40FN6O10P. The van der Waals surface area contributed by atoms with Gasteiger partial charge in [0.1, 0.15) is 29.3 Å². The van der Waals surface area contributed by atoms with Crippen molar-refractivity contribution in [3.63, 3.8) is 0 Å². The molecule has 1 fully saturated rings. The number of nitrogens with zero attached hydrogens (tertiary/aromatic N) is 4. The molecule has 2 aliphatic heterocycles. The minimum absolute atomic E-state index is 0.0221. The maximum atomic E-state index is 15.6. The molecule has 3 rings (SSSR count). The van der Waals surface area contributed by atoms with Crippen LogP contribution in [0.5, 0.6) is 5.75 Å². The molecule has 2 unspecified atom stereocenters. The molecule has 0 radical (unpaired) electrons. The second-order valence-electron chi connectivity index (χ2n) is 11.4. The molecule has 3 N–H and O–H groups in total. The van der Waals surface area contributed by atoms with Gasteiger partial charge in [-0.25, -0.2) is 8.96 Å². The van der Waals surface area contributed by atoms with E-state index in [2.05, 4.69) is 27.0 Å². The number of carbonyl (C=O) groups is 3. The van der Waals surface area contributed by atoms with Crippen LogP contribution in [-0.2, 0) is 44.1 Å². The Morgan fingerprint density at radius 3 is 2.57 bits per heavy atom. The lowest BCUT2D eigenvalue weighted by atomic mass is 9.97. The third kappa shape index (κ3) is 10.0. The van der Waals surface area contributed by atoms with Crippen LogP contribution in [0, 0.1) is 0 Å². The van der Waals surface area contributed by atoms with E-state index in [1.807, 2.05) is 0 Å². The minimum atomic E-state index is -4.65. The second-order valence-corrected chi connectivity index (χ2v) is 13.0. The Kier molecular flexibility index (Phi) is 12.9. The number of nitrogens with one attached hydrogen (secondary N) is 2. The standard InChI is InChI=1S/C29H40FN6O10P/c1-17(2)43-24(38)12-11-21-9-7-8-10-22(21)46-47(41,34-19(5)28(40)44-18(3)4)42-16-29(15-32-35-31)26(39)25(30)27(45-29)36-14-13-23(37)33-20(36)6/h7-10,13-14,17-19,25-27,39H,6,11-12,15-16H2,1-5H3,(H,33,37)(H,34,41)/t19?,25-,26+,27-,29-,47?/m1/s1. The molecule has 0 aromatic heterocycles. The van der Waals surface area contributed by atoms with Gasteiger partial charge in [0.05, 0.1) is 25.4 Å². The van der Waals surface area contributed by atoms with Crippen LogP contribution in [0.1, 0.15) is 46.6 Å². The molecule has 1 aromatic carbocycles. The molecule has 0 saturated carbocycles. The molecular weight excluding hydrogens is 642 g/mol. The number of alkyl halides is 1. The maximum absolute atomic E-state index is 15.6. The van der Waals surface area contributed by atoms with E-state index in [0.717, 1.165) is 11.0 Å². The van der Waals surface area contributed by atoms with Crippen LogP contribution in [0.4, 0.5) is 4.39 Å². The monoisotopic (exact) mass is 682 g/mol. The molecule has 0 spiro atoms. The third-order valence-electron chi connectivity index (χ3n) is 6.80. The van der Waals surface area contributed by atoms with Gasteiger partial charge < -0.3 is 34.1 Å². The van der Waals surface area contributed by atoms with Crippen LogP contribution in [0.2, 0.25) is 0 Å². The van der Waals surface area contributed by atoms with E-state index in [9.17, 15) is 24.1 Å². The highest BCUT2D eigenvalue weighted by Crippen LogP contribution is 2.48. The van der Waals surface area contributed by atoms with E-state index in [4.69, 9.17) is 28.8 Å². The highest BCUT2D eigenvalue weighted by atomic mass is 31.2. The molecule has 1 amide bonds. The number of aliphatic hydroxyl groups excluding tert-OH is 1.